The third-order valence-electron chi connectivity index (χ3n) is 3.26. The zero-order chi connectivity index (χ0) is 16.5. The molecule has 1 rings (SSSR count). The molecular formula is C14H22N2O6. The van der Waals surface area contributed by atoms with Gasteiger partial charge in [0.2, 0.25) is 11.8 Å². The predicted molar refractivity (Wildman–Crippen MR) is 75.9 cm³/mol. The zero-order valence-electron chi connectivity index (χ0n) is 12.7. The fourth-order valence-corrected chi connectivity index (χ4v) is 2.18. The maximum atomic E-state index is 12.1. The Labute approximate surface area is 128 Å². The Hall–Kier alpha value is -2.12. The summed E-state index contributed by atoms with van der Waals surface area (Å²) in [7, 11) is 0. The molecule has 124 valence electrons. The third-order valence-corrected chi connectivity index (χ3v) is 3.26. The number of nitrogens with one attached hydrogen (secondary N) is 1. The van der Waals surface area contributed by atoms with Crippen LogP contribution in [-0.2, 0) is 23.9 Å². The molecule has 1 aliphatic rings. The first kappa shape index (κ1) is 17.9. The number of hydrogen-bond donors (Lipinski definition) is 2. The van der Waals surface area contributed by atoms with Crippen LogP contribution in [0.5, 0.6) is 0 Å². The quantitative estimate of drug-likeness (QED) is 0.605. The average Bonchev–Trinajstić information content (AvgIpc) is 2.46. The molecule has 0 unspecified atom stereocenters. The van der Waals surface area contributed by atoms with Gasteiger partial charge >= 0.3 is 11.9 Å². The monoisotopic (exact) mass is 314 g/mol. The molecule has 1 atom stereocenters. The molecule has 8 nitrogen and oxygen atoms in total. The summed E-state index contributed by atoms with van der Waals surface area (Å²) >= 11 is 0. The van der Waals surface area contributed by atoms with Crippen LogP contribution in [0.2, 0.25) is 0 Å². The first-order chi connectivity index (χ1) is 10.5. The SMILES string of the molecule is CCCOC(=O)C[C@H]1C(=O)NCCN1C(=O)CCCC(=O)O. The predicted octanol–water partition coefficient (Wildman–Crippen LogP) is -0.0884. The van der Waals surface area contributed by atoms with E-state index in [4.69, 9.17) is 9.84 Å². The summed E-state index contributed by atoms with van der Waals surface area (Å²) in [6.45, 7) is 2.77. The summed E-state index contributed by atoms with van der Waals surface area (Å²) in [5, 5.41) is 11.2. The largest absolute Gasteiger partial charge is 0.481 e. The molecule has 0 radical (unpaired) electrons. The van der Waals surface area contributed by atoms with E-state index in [1.807, 2.05) is 6.92 Å². The maximum absolute atomic E-state index is 12.1. The Kier molecular flexibility index (Phi) is 7.34. The van der Waals surface area contributed by atoms with Crippen molar-refractivity contribution in [3.8, 4) is 0 Å². The number of carboxylic acid groups (broad SMARTS) is 1. The second-order valence-electron chi connectivity index (χ2n) is 5.07. The molecule has 1 aliphatic heterocycles. The Morgan fingerprint density at radius 2 is 2.09 bits per heavy atom. The molecule has 0 spiro atoms. The summed E-state index contributed by atoms with van der Waals surface area (Å²) in [5.74, 6) is -2.19. The van der Waals surface area contributed by atoms with Crippen molar-refractivity contribution in [2.45, 2.75) is 45.1 Å². The normalized spacial score (nSPS) is 17.8. The van der Waals surface area contributed by atoms with Gasteiger partial charge in [-0.1, -0.05) is 6.92 Å². The summed E-state index contributed by atoms with van der Waals surface area (Å²) in [6.07, 6.45) is 0.644. The number of piperazine rings is 1. The van der Waals surface area contributed by atoms with Gasteiger partial charge in [-0.15, -0.1) is 0 Å². The molecule has 0 aromatic carbocycles. The lowest BCUT2D eigenvalue weighted by atomic mass is 10.1. The maximum Gasteiger partial charge on any atom is 0.308 e. The van der Waals surface area contributed by atoms with Crippen molar-refractivity contribution in [2.24, 2.45) is 0 Å². The molecule has 1 heterocycles. The van der Waals surface area contributed by atoms with Crippen LogP contribution in [0.1, 0.15) is 39.0 Å². The summed E-state index contributed by atoms with van der Waals surface area (Å²) in [4.78, 5) is 47.5. The van der Waals surface area contributed by atoms with Crippen molar-refractivity contribution >= 4 is 23.8 Å². The van der Waals surface area contributed by atoms with Crippen LogP contribution in [0.3, 0.4) is 0 Å². The highest BCUT2D eigenvalue weighted by Crippen LogP contribution is 2.13. The lowest BCUT2D eigenvalue weighted by molar-refractivity contribution is -0.152. The Bertz CT molecular complexity index is 437. The molecule has 0 saturated carbocycles. The molecule has 0 aliphatic carbocycles. The van der Waals surface area contributed by atoms with Gasteiger partial charge in [-0.2, -0.15) is 0 Å². The Morgan fingerprint density at radius 1 is 1.36 bits per heavy atom. The van der Waals surface area contributed by atoms with Crippen LogP contribution >= 0.6 is 0 Å². The molecule has 8 heteroatoms. The van der Waals surface area contributed by atoms with Gasteiger partial charge in [-0.25, -0.2) is 0 Å². The molecule has 0 aromatic heterocycles. The minimum absolute atomic E-state index is 0.0418. The van der Waals surface area contributed by atoms with Gasteiger partial charge in [0.05, 0.1) is 13.0 Å². The van der Waals surface area contributed by atoms with Gasteiger partial charge in [0.15, 0.2) is 0 Å². The molecule has 1 saturated heterocycles. The molecule has 1 fully saturated rings. The van der Waals surface area contributed by atoms with E-state index in [0.29, 0.717) is 19.5 Å². The molecule has 0 aromatic rings. The van der Waals surface area contributed by atoms with Gasteiger partial charge in [-0.3, -0.25) is 19.2 Å². The van der Waals surface area contributed by atoms with Crippen molar-refractivity contribution in [2.75, 3.05) is 19.7 Å². The highest BCUT2D eigenvalue weighted by atomic mass is 16.5. The van der Waals surface area contributed by atoms with Crippen molar-refractivity contribution in [3.63, 3.8) is 0 Å². The van der Waals surface area contributed by atoms with Gasteiger partial charge < -0.3 is 20.1 Å². The van der Waals surface area contributed by atoms with Crippen LogP contribution in [0.15, 0.2) is 0 Å². The van der Waals surface area contributed by atoms with Gasteiger partial charge in [0, 0.05) is 25.9 Å². The molecular weight excluding hydrogens is 292 g/mol. The van der Waals surface area contributed by atoms with E-state index in [-0.39, 0.29) is 44.1 Å². The number of hydrogen-bond acceptors (Lipinski definition) is 5. The lowest BCUT2D eigenvalue weighted by Crippen LogP contribution is -2.57. The second kappa shape index (κ2) is 9.01. The van der Waals surface area contributed by atoms with Gasteiger partial charge in [-0.05, 0) is 12.8 Å². The van der Waals surface area contributed by atoms with E-state index < -0.39 is 18.0 Å². The summed E-state index contributed by atoms with van der Waals surface area (Å²) < 4.78 is 4.95. The number of carboxylic acids is 1. The van der Waals surface area contributed by atoms with Crippen molar-refractivity contribution in [1.82, 2.24) is 10.2 Å². The van der Waals surface area contributed by atoms with E-state index in [2.05, 4.69) is 5.32 Å². The van der Waals surface area contributed by atoms with Crippen LogP contribution in [-0.4, -0.2) is 59.5 Å². The smallest absolute Gasteiger partial charge is 0.308 e. The van der Waals surface area contributed by atoms with Crippen LogP contribution in [0, 0.1) is 0 Å². The Morgan fingerprint density at radius 3 is 2.73 bits per heavy atom. The molecule has 2 N–H and O–H groups in total. The van der Waals surface area contributed by atoms with Crippen LogP contribution in [0.25, 0.3) is 0 Å². The van der Waals surface area contributed by atoms with Crippen LogP contribution in [0.4, 0.5) is 0 Å². The average molecular weight is 314 g/mol. The second-order valence-corrected chi connectivity index (χ2v) is 5.07. The number of rotatable bonds is 8. The number of nitrogens with zero attached hydrogens (tertiary/aromatic N) is 1. The third kappa shape index (κ3) is 5.71. The van der Waals surface area contributed by atoms with Crippen molar-refractivity contribution in [1.29, 1.82) is 0 Å². The highest BCUT2D eigenvalue weighted by Gasteiger charge is 2.34. The van der Waals surface area contributed by atoms with E-state index in [9.17, 15) is 19.2 Å². The fourth-order valence-electron chi connectivity index (χ4n) is 2.18. The lowest BCUT2D eigenvalue weighted by Gasteiger charge is -2.34. The zero-order valence-corrected chi connectivity index (χ0v) is 12.7. The number of carbonyl (C=O) groups is 4. The summed E-state index contributed by atoms with van der Waals surface area (Å²) in [6, 6.07) is -0.879. The number of esters is 1. The van der Waals surface area contributed by atoms with E-state index in [1.54, 1.807) is 0 Å². The highest BCUT2D eigenvalue weighted by molar-refractivity contribution is 5.92. The molecule has 0 bridgehead atoms. The molecule has 22 heavy (non-hydrogen) atoms. The fraction of sp³-hybridized carbons (Fsp3) is 0.714. The number of aliphatic carboxylic acids is 1. The first-order valence-corrected chi connectivity index (χ1v) is 7.40. The topological polar surface area (TPSA) is 113 Å². The minimum atomic E-state index is -0.969. The van der Waals surface area contributed by atoms with Crippen molar-refractivity contribution in [3.05, 3.63) is 0 Å². The summed E-state index contributed by atoms with van der Waals surface area (Å²) in [5.41, 5.74) is 0. The van der Waals surface area contributed by atoms with Gasteiger partial charge in [0.25, 0.3) is 0 Å². The number of ether oxygens (including phenoxy) is 1. The number of carbonyl (C=O) groups excluding carboxylic acids is 3. The van der Waals surface area contributed by atoms with Gasteiger partial charge in [0.1, 0.15) is 6.04 Å². The Balaban J connectivity index is 2.60. The van der Waals surface area contributed by atoms with E-state index in [1.165, 1.54) is 4.90 Å². The van der Waals surface area contributed by atoms with Crippen molar-refractivity contribution < 1.29 is 29.0 Å². The number of amides is 2. The van der Waals surface area contributed by atoms with Crippen LogP contribution < -0.4 is 5.32 Å². The van der Waals surface area contributed by atoms with E-state index in [0.717, 1.165) is 0 Å². The molecule has 2 amide bonds. The minimum Gasteiger partial charge on any atom is -0.481 e. The van der Waals surface area contributed by atoms with E-state index >= 15 is 0 Å². The first-order valence-electron chi connectivity index (χ1n) is 7.40. The standard InChI is InChI=1S/C14H22N2O6/c1-2-8-22-13(20)9-10-14(21)15-6-7-16(10)11(17)4-3-5-12(18)19/h10H,2-9H2,1H3,(H,15,21)(H,18,19)/t10-/m0/s1.